The zero-order chi connectivity index (χ0) is 12.8. The summed E-state index contributed by atoms with van der Waals surface area (Å²) in [6, 6.07) is 5.18. The van der Waals surface area contributed by atoms with Crippen molar-refractivity contribution in [3.63, 3.8) is 0 Å². The van der Waals surface area contributed by atoms with Gasteiger partial charge in [-0.05, 0) is 24.1 Å². The van der Waals surface area contributed by atoms with E-state index in [4.69, 9.17) is 27.9 Å². The predicted octanol–water partition coefficient (Wildman–Crippen LogP) is 5.10. The summed E-state index contributed by atoms with van der Waals surface area (Å²) in [6.07, 6.45) is -1.86. The van der Waals surface area contributed by atoms with Crippen molar-refractivity contribution < 1.29 is 13.5 Å². The third-order valence-corrected chi connectivity index (χ3v) is 3.57. The normalized spacial score (nSPS) is 13.1. The van der Waals surface area contributed by atoms with Gasteiger partial charge in [-0.15, -0.1) is 0 Å². The molecule has 1 aromatic rings. The predicted molar refractivity (Wildman–Crippen MR) is 69.6 cm³/mol. The minimum Gasteiger partial charge on any atom is -0.375 e. The van der Waals surface area contributed by atoms with Crippen LogP contribution in [0, 0.1) is 0 Å². The lowest BCUT2D eigenvalue weighted by molar-refractivity contribution is 0.0167. The Kier molecular flexibility index (Phi) is 6.70. The third-order valence-electron chi connectivity index (χ3n) is 2.06. The monoisotopic (exact) mass is 346 g/mol. The molecule has 0 amide bonds. The van der Waals surface area contributed by atoms with E-state index in [0.29, 0.717) is 16.5 Å². The van der Waals surface area contributed by atoms with Crippen LogP contribution in [0.4, 0.5) is 8.78 Å². The molecule has 0 bridgehead atoms. The molecule has 0 spiro atoms. The highest BCUT2D eigenvalue weighted by Gasteiger charge is 2.12. The van der Waals surface area contributed by atoms with Gasteiger partial charge in [0.25, 0.3) is 6.43 Å². The molecule has 6 heteroatoms. The van der Waals surface area contributed by atoms with Gasteiger partial charge in [0.05, 0.1) is 0 Å². The number of rotatable bonds is 6. The smallest absolute Gasteiger partial charge is 0.261 e. The lowest BCUT2D eigenvalue weighted by Crippen LogP contribution is -2.06. The fourth-order valence-corrected chi connectivity index (χ4v) is 2.53. The molecule has 0 aliphatic carbocycles. The molecular weight excluding hydrogens is 337 g/mol. The lowest BCUT2D eigenvalue weighted by atomic mass is 10.1. The average molecular weight is 348 g/mol. The molecule has 96 valence electrons. The molecule has 0 aliphatic heterocycles. The highest BCUT2D eigenvalue weighted by Crippen LogP contribution is 2.33. The first-order valence-electron chi connectivity index (χ1n) is 4.95. The first-order valence-corrected chi connectivity index (χ1v) is 6.62. The molecule has 0 N–H and O–H groups in total. The quantitative estimate of drug-likeness (QED) is 0.513. The van der Waals surface area contributed by atoms with E-state index in [-0.39, 0.29) is 11.4 Å². The Morgan fingerprint density at radius 1 is 1.29 bits per heavy atom. The summed E-state index contributed by atoms with van der Waals surface area (Å²) in [7, 11) is 0. The second-order valence-electron chi connectivity index (χ2n) is 3.39. The van der Waals surface area contributed by atoms with Crippen LogP contribution < -0.4 is 0 Å². The van der Waals surface area contributed by atoms with Crippen LogP contribution in [0.2, 0.25) is 10.0 Å². The fraction of sp³-hybridized carbons (Fsp3) is 0.455. The zero-order valence-corrected chi connectivity index (χ0v) is 11.9. The summed E-state index contributed by atoms with van der Waals surface area (Å²) in [5.74, 6) is 0. The molecule has 0 saturated heterocycles. The van der Waals surface area contributed by atoms with Crippen LogP contribution in [-0.2, 0) is 4.74 Å². The summed E-state index contributed by atoms with van der Waals surface area (Å²) in [5, 5.41) is 1.11. The van der Waals surface area contributed by atoms with Gasteiger partial charge >= 0.3 is 0 Å². The van der Waals surface area contributed by atoms with Gasteiger partial charge in [-0.2, -0.15) is 0 Å². The van der Waals surface area contributed by atoms with Crippen LogP contribution >= 0.6 is 39.1 Å². The summed E-state index contributed by atoms with van der Waals surface area (Å²) < 4.78 is 28.4. The molecule has 1 rings (SSSR count). The van der Waals surface area contributed by atoms with Crippen LogP contribution in [0.5, 0.6) is 0 Å². The van der Waals surface area contributed by atoms with Gasteiger partial charge in [-0.1, -0.05) is 45.2 Å². The van der Waals surface area contributed by atoms with Gasteiger partial charge in [-0.25, -0.2) is 8.78 Å². The summed E-state index contributed by atoms with van der Waals surface area (Å²) in [5.41, 5.74) is 0.872. The largest absolute Gasteiger partial charge is 0.375 e. The van der Waals surface area contributed by atoms with Crippen molar-refractivity contribution in [1.82, 2.24) is 0 Å². The Hall–Kier alpha value is 0.1000. The zero-order valence-electron chi connectivity index (χ0n) is 8.81. The van der Waals surface area contributed by atoms with Crippen LogP contribution in [-0.4, -0.2) is 19.6 Å². The van der Waals surface area contributed by atoms with Crippen molar-refractivity contribution in [1.29, 1.82) is 0 Å². The SMILES string of the molecule is FC(F)COCCC(Br)c1ccc(Cl)cc1Cl. The number of ether oxygens (including phenoxy) is 1. The van der Waals surface area contributed by atoms with E-state index in [1.54, 1.807) is 18.2 Å². The molecule has 17 heavy (non-hydrogen) atoms. The third kappa shape index (κ3) is 5.51. The maximum atomic E-state index is 11.8. The Morgan fingerprint density at radius 2 is 2.00 bits per heavy atom. The minimum atomic E-state index is -2.43. The van der Waals surface area contributed by atoms with Crippen LogP contribution in [0.3, 0.4) is 0 Å². The molecule has 0 saturated carbocycles. The van der Waals surface area contributed by atoms with Crippen molar-refractivity contribution >= 4 is 39.1 Å². The second-order valence-corrected chi connectivity index (χ2v) is 5.34. The lowest BCUT2D eigenvalue weighted by Gasteiger charge is -2.12. The second kappa shape index (κ2) is 7.52. The molecule has 0 radical (unpaired) electrons. The number of halogens is 5. The number of hydrogen-bond acceptors (Lipinski definition) is 1. The van der Waals surface area contributed by atoms with Gasteiger partial charge in [0.2, 0.25) is 0 Å². The summed E-state index contributed by atoms with van der Waals surface area (Å²) in [6.45, 7) is -0.284. The van der Waals surface area contributed by atoms with E-state index in [9.17, 15) is 8.78 Å². The summed E-state index contributed by atoms with van der Waals surface area (Å²) in [4.78, 5) is -0.0371. The molecule has 1 aromatic carbocycles. The molecule has 0 aromatic heterocycles. The molecule has 1 atom stereocenters. The average Bonchev–Trinajstić information content (AvgIpc) is 2.23. The molecule has 1 unspecified atom stereocenters. The van der Waals surface area contributed by atoms with Gasteiger partial charge < -0.3 is 4.74 Å². The van der Waals surface area contributed by atoms with E-state index in [0.717, 1.165) is 5.56 Å². The van der Waals surface area contributed by atoms with Crippen molar-refractivity contribution in [3.05, 3.63) is 33.8 Å². The first kappa shape index (κ1) is 15.2. The Bertz CT molecular complexity index is 363. The standard InChI is InChI=1S/C11H11BrCl2F2O/c12-9(3-4-17-6-11(15)16)8-2-1-7(13)5-10(8)14/h1-2,5,9,11H,3-4,6H2. The van der Waals surface area contributed by atoms with E-state index in [1.807, 2.05) is 0 Å². The van der Waals surface area contributed by atoms with Crippen molar-refractivity contribution in [3.8, 4) is 0 Å². The summed E-state index contributed by atoms with van der Waals surface area (Å²) >= 11 is 15.2. The maximum absolute atomic E-state index is 11.8. The number of benzene rings is 1. The molecular formula is C11H11BrCl2F2O. The first-order chi connectivity index (χ1) is 8.00. The van der Waals surface area contributed by atoms with E-state index >= 15 is 0 Å². The highest BCUT2D eigenvalue weighted by molar-refractivity contribution is 9.09. The van der Waals surface area contributed by atoms with Gasteiger partial charge in [0.1, 0.15) is 6.61 Å². The van der Waals surface area contributed by atoms with Crippen molar-refractivity contribution in [2.45, 2.75) is 17.7 Å². The molecule has 0 aliphatic rings. The van der Waals surface area contributed by atoms with Crippen LogP contribution in [0.25, 0.3) is 0 Å². The van der Waals surface area contributed by atoms with E-state index < -0.39 is 13.0 Å². The van der Waals surface area contributed by atoms with Gasteiger partial charge in [0.15, 0.2) is 0 Å². The van der Waals surface area contributed by atoms with E-state index in [2.05, 4.69) is 15.9 Å². The van der Waals surface area contributed by atoms with Crippen LogP contribution in [0.15, 0.2) is 18.2 Å². The van der Waals surface area contributed by atoms with Gasteiger partial charge in [0, 0.05) is 21.5 Å². The van der Waals surface area contributed by atoms with E-state index in [1.165, 1.54) is 0 Å². The minimum absolute atomic E-state index is 0.0371. The molecule has 1 nitrogen and oxygen atoms in total. The highest BCUT2D eigenvalue weighted by atomic mass is 79.9. The van der Waals surface area contributed by atoms with Gasteiger partial charge in [-0.3, -0.25) is 0 Å². The maximum Gasteiger partial charge on any atom is 0.261 e. The molecule has 0 heterocycles. The number of alkyl halides is 3. The Balaban J connectivity index is 2.44. The van der Waals surface area contributed by atoms with Crippen LogP contribution in [0.1, 0.15) is 16.8 Å². The fourth-order valence-electron chi connectivity index (χ4n) is 1.27. The Labute approximate surface area is 117 Å². The van der Waals surface area contributed by atoms with Crippen molar-refractivity contribution in [2.24, 2.45) is 0 Å². The number of hydrogen-bond donors (Lipinski definition) is 0. The Morgan fingerprint density at radius 3 is 2.59 bits per heavy atom. The topological polar surface area (TPSA) is 9.23 Å². The molecule has 0 fully saturated rings. The van der Waals surface area contributed by atoms with Crippen molar-refractivity contribution in [2.75, 3.05) is 13.2 Å².